The molecule has 0 aliphatic rings. The molecule has 3 nitrogen and oxygen atoms in total. The van der Waals surface area contributed by atoms with Crippen molar-refractivity contribution in [3.05, 3.63) is 30.3 Å². The summed E-state index contributed by atoms with van der Waals surface area (Å²) in [5, 5.41) is 0.461. The number of benzene rings is 1. The highest BCUT2D eigenvalue weighted by Gasteiger charge is 2.35. The van der Waals surface area contributed by atoms with E-state index in [4.69, 9.17) is 0 Å². The minimum Gasteiger partial charge on any atom is -0.223 e. The lowest BCUT2D eigenvalue weighted by Gasteiger charge is -2.26. The van der Waals surface area contributed by atoms with Gasteiger partial charge in [-0.15, -0.1) is 0 Å². The Bertz CT molecular complexity index is 521. The maximum Gasteiger partial charge on any atom is 0.186 e. The third-order valence-electron chi connectivity index (χ3n) is 2.44. The molecule has 0 amide bonds. The summed E-state index contributed by atoms with van der Waals surface area (Å²) in [6, 6.07) is 8.22. The first-order valence-electron chi connectivity index (χ1n) is 5.21. The molecule has 0 aliphatic carbocycles. The van der Waals surface area contributed by atoms with Crippen LogP contribution in [0.5, 0.6) is 0 Å². The van der Waals surface area contributed by atoms with Crippen molar-refractivity contribution < 1.29 is 12.6 Å². The van der Waals surface area contributed by atoms with Crippen molar-refractivity contribution >= 4 is 26.5 Å². The van der Waals surface area contributed by atoms with Crippen molar-refractivity contribution in [2.45, 2.75) is 30.9 Å². The molecule has 94 valence electrons. The molecule has 0 radical (unpaired) electrons. The van der Waals surface area contributed by atoms with Gasteiger partial charge >= 0.3 is 0 Å². The summed E-state index contributed by atoms with van der Waals surface area (Å²) in [6.07, 6.45) is 0. The van der Waals surface area contributed by atoms with Crippen LogP contribution >= 0.6 is 0 Å². The summed E-state index contributed by atoms with van der Waals surface area (Å²) in [5.41, 5.74) is -0.508. The minimum absolute atomic E-state index is 0.204. The molecular formula is C12H16O3S2. The zero-order valence-electron chi connectivity index (χ0n) is 10.1. The van der Waals surface area contributed by atoms with E-state index in [1.54, 1.807) is 30.3 Å². The summed E-state index contributed by atoms with van der Waals surface area (Å²) in [6.45, 7) is 5.43. The minimum atomic E-state index is -3.50. The Morgan fingerprint density at radius 1 is 1.18 bits per heavy atom. The fourth-order valence-electron chi connectivity index (χ4n) is 1.55. The first kappa shape index (κ1) is 14.1. The molecule has 0 saturated carbocycles. The first-order chi connectivity index (χ1) is 7.80. The van der Waals surface area contributed by atoms with Gasteiger partial charge in [0.1, 0.15) is 5.25 Å². The molecule has 0 fully saturated rings. The molecule has 1 unspecified atom stereocenters. The predicted molar refractivity (Wildman–Crippen MR) is 71.1 cm³/mol. The van der Waals surface area contributed by atoms with E-state index in [0.29, 0.717) is 0 Å². The van der Waals surface area contributed by atoms with Crippen molar-refractivity contribution in [3.63, 3.8) is 0 Å². The predicted octanol–water partition coefficient (Wildman–Crippen LogP) is 1.89. The van der Waals surface area contributed by atoms with Crippen LogP contribution in [0.4, 0.5) is 0 Å². The zero-order valence-corrected chi connectivity index (χ0v) is 11.7. The molecule has 1 aromatic carbocycles. The maximum atomic E-state index is 12.4. The van der Waals surface area contributed by atoms with Crippen molar-refractivity contribution in [1.82, 2.24) is 0 Å². The lowest BCUT2D eigenvalue weighted by Crippen LogP contribution is -2.36. The summed E-state index contributed by atoms with van der Waals surface area (Å²) in [4.78, 5) is 0.255. The SMILES string of the molecule is CC(C)(C)C(C=S=O)S(=O)(=O)c1ccccc1. The van der Waals surface area contributed by atoms with Gasteiger partial charge in [-0.05, 0) is 17.5 Å². The quantitative estimate of drug-likeness (QED) is 0.790. The molecule has 5 heteroatoms. The fourth-order valence-corrected chi connectivity index (χ4v) is 4.54. The third kappa shape index (κ3) is 3.26. The smallest absolute Gasteiger partial charge is 0.186 e. The van der Waals surface area contributed by atoms with E-state index >= 15 is 0 Å². The fraction of sp³-hybridized carbons (Fsp3) is 0.417. The van der Waals surface area contributed by atoms with Crippen LogP contribution in [0.1, 0.15) is 20.8 Å². The molecule has 0 spiro atoms. The number of hydrogen-bond donors (Lipinski definition) is 0. The highest BCUT2D eigenvalue weighted by Crippen LogP contribution is 2.28. The van der Waals surface area contributed by atoms with Crippen LogP contribution in [-0.2, 0) is 21.1 Å². The number of rotatable bonds is 3. The first-order valence-corrected chi connectivity index (χ1v) is 7.56. The Labute approximate surface area is 106 Å². The van der Waals surface area contributed by atoms with Gasteiger partial charge in [0.05, 0.1) is 16.2 Å². The molecular weight excluding hydrogens is 256 g/mol. The molecule has 0 N–H and O–H groups in total. The molecule has 0 heterocycles. The normalized spacial score (nSPS) is 14.1. The Hall–Kier alpha value is -0.940. The van der Waals surface area contributed by atoms with Gasteiger partial charge in [-0.2, -0.15) is 0 Å². The average molecular weight is 272 g/mol. The van der Waals surface area contributed by atoms with E-state index in [9.17, 15) is 12.6 Å². The summed E-state index contributed by atoms with van der Waals surface area (Å²) >= 11 is 0.204. The van der Waals surface area contributed by atoms with Crippen molar-refractivity contribution in [3.8, 4) is 0 Å². The maximum absolute atomic E-state index is 12.4. The summed E-state index contributed by atoms with van der Waals surface area (Å²) in [7, 11) is -3.50. The molecule has 0 aliphatic heterocycles. The Morgan fingerprint density at radius 3 is 2.12 bits per heavy atom. The van der Waals surface area contributed by atoms with Crippen LogP contribution in [0.15, 0.2) is 35.2 Å². The topological polar surface area (TPSA) is 51.2 Å². The molecule has 17 heavy (non-hydrogen) atoms. The van der Waals surface area contributed by atoms with E-state index in [0.717, 1.165) is 0 Å². The molecule has 0 saturated heterocycles. The average Bonchev–Trinajstić information content (AvgIpc) is 2.25. The highest BCUT2D eigenvalue weighted by molar-refractivity contribution is 7.93. The molecule has 0 bridgehead atoms. The van der Waals surface area contributed by atoms with E-state index in [2.05, 4.69) is 0 Å². The van der Waals surface area contributed by atoms with Crippen LogP contribution in [0.2, 0.25) is 0 Å². The van der Waals surface area contributed by atoms with E-state index in [1.165, 1.54) is 5.37 Å². The molecule has 0 aromatic heterocycles. The molecule has 1 aromatic rings. The van der Waals surface area contributed by atoms with Crippen molar-refractivity contribution in [1.29, 1.82) is 0 Å². The highest BCUT2D eigenvalue weighted by atomic mass is 32.2. The van der Waals surface area contributed by atoms with Gasteiger partial charge in [-0.1, -0.05) is 39.0 Å². The van der Waals surface area contributed by atoms with Crippen LogP contribution in [0.3, 0.4) is 0 Å². The van der Waals surface area contributed by atoms with E-state index in [-0.39, 0.29) is 16.2 Å². The van der Waals surface area contributed by atoms with E-state index in [1.807, 2.05) is 20.8 Å². The summed E-state index contributed by atoms with van der Waals surface area (Å²) < 4.78 is 35.4. The van der Waals surface area contributed by atoms with Crippen LogP contribution in [0.25, 0.3) is 0 Å². The van der Waals surface area contributed by atoms with Crippen LogP contribution in [0, 0.1) is 5.41 Å². The second-order valence-electron chi connectivity index (χ2n) is 4.88. The third-order valence-corrected chi connectivity index (χ3v) is 5.44. The lowest BCUT2D eigenvalue weighted by molar-refractivity contribution is 0.431. The second-order valence-corrected chi connectivity index (χ2v) is 7.41. The van der Waals surface area contributed by atoms with Crippen molar-refractivity contribution in [2.75, 3.05) is 0 Å². The largest absolute Gasteiger partial charge is 0.223 e. The standard InChI is InChI=1S/C12H16O3S2/c1-12(2,3)11(9-16-13)17(14,15)10-7-5-4-6-8-10/h4-9,11H,1-3H3. The van der Waals surface area contributed by atoms with Gasteiger partial charge in [-0.25, -0.2) is 12.6 Å². The molecule has 1 rings (SSSR count). The van der Waals surface area contributed by atoms with Crippen LogP contribution in [-0.4, -0.2) is 23.2 Å². The Kier molecular flexibility index (Phi) is 4.27. The Morgan fingerprint density at radius 2 is 1.71 bits per heavy atom. The molecule has 1 atom stereocenters. The van der Waals surface area contributed by atoms with Gasteiger partial charge in [0.25, 0.3) is 0 Å². The van der Waals surface area contributed by atoms with Crippen LogP contribution < -0.4 is 0 Å². The Balaban J connectivity index is 3.34. The lowest BCUT2D eigenvalue weighted by atomic mass is 9.93. The van der Waals surface area contributed by atoms with Gasteiger partial charge in [0, 0.05) is 5.37 Å². The zero-order chi connectivity index (χ0) is 13.1. The number of sulfone groups is 1. The van der Waals surface area contributed by atoms with Crippen molar-refractivity contribution in [2.24, 2.45) is 5.41 Å². The number of hydrogen-bond acceptors (Lipinski definition) is 3. The van der Waals surface area contributed by atoms with E-state index < -0.39 is 20.5 Å². The monoisotopic (exact) mass is 272 g/mol. The van der Waals surface area contributed by atoms with Gasteiger partial charge in [-0.3, -0.25) is 0 Å². The van der Waals surface area contributed by atoms with Gasteiger partial charge in [0.2, 0.25) is 0 Å². The van der Waals surface area contributed by atoms with Gasteiger partial charge in [0.15, 0.2) is 9.84 Å². The summed E-state index contributed by atoms with van der Waals surface area (Å²) in [5.74, 6) is 0. The van der Waals surface area contributed by atoms with Gasteiger partial charge < -0.3 is 0 Å². The second kappa shape index (κ2) is 5.14.